The molecule has 0 aliphatic rings. The van der Waals surface area contributed by atoms with E-state index in [-0.39, 0.29) is 20.6 Å². The quantitative estimate of drug-likeness (QED) is 0.0785. The average molecular weight is 761 g/mol. The highest BCUT2D eigenvalue weighted by atomic mass is 28.6. The Morgan fingerprint density at radius 1 is 0.488 bits per heavy atom. The van der Waals surface area contributed by atoms with Crippen molar-refractivity contribution in [2.75, 3.05) is 55.9 Å². The van der Waals surface area contributed by atoms with Crippen molar-refractivity contribution in [2.24, 2.45) is 0 Å². The van der Waals surface area contributed by atoms with E-state index >= 15 is 0 Å². The maximum absolute atomic E-state index is 10.8. The van der Waals surface area contributed by atoms with Gasteiger partial charge in [-0.05, 0) is 33.5 Å². The lowest BCUT2D eigenvalue weighted by molar-refractivity contribution is -0.0377. The fourth-order valence-corrected chi connectivity index (χ4v) is 21.7. The number of hydrogen-bond donors (Lipinski definition) is 6. The van der Waals surface area contributed by atoms with Gasteiger partial charge in [0.2, 0.25) is 0 Å². The van der Waals surface area contributed by atoms with E-state index in [0.29, 0.717) is 0 Å². The number of aliphatic hydroxyl groups excluding tert-OH is 1. The van der Waals surface area contributed by atoms with E-state index in [1.807, 2.05) is 13.8 Å². The van der Waals surface area contributed by atoms with Crippen molar-refractivity contribution in [3.05, 3.63) is 0 Å². The second-order valence-corrected chi connectivity index (χ2v) is 26.8. The van der Waals surface area contributed by atoms with Gasteiger partial charge in [0.05, 0.1) is 0 Å². The first-order valence-corrected chi connectivity index (χ1v) is 26.5. The molecule has 0 radical (unpaired) electrons. The van der Waals surface area contributed by atoms with Gasteiger partial charge in [-0.15, -0.1) is 0 Å². The molecular weight excluding hydrogens is 705 g/mol. The molecular formula is C17H56O19Si7. The van der Waals surface area contributed by atoms with Gasteiger partial charge in [0.25, 0.3) is 0 Å². The monoisotopic (exact) mass is 760 g/mol. The Bertz CT molecular complexity index is 711. The fourth-order valence-electron chi connectivity index (χ4n) is 2.44. The van der Waals surface area contributed by atoms with Gasteiger partial charge in [0, 0.05) is 62.4 Å². The van der Waals surface area contributed by atoms with Crippen LogP contribution in [0.25, 0.3) is 0 Å². The summed E-state index contributed by atoms with van der Waals surface area (Å²) in [6.07, 6.45) is 0. The van der Waals surface area contributed by atoms with Gasteiger partial charge < -0.3 is 84.8 Å². The first-order chi connectivity index (χ1) is 19.2. The smallest absolute Gasteiger partial charge is 0.400 e. The standard InChI is InChI=1S/C13H42O18Si7.C2H6.CH4O.CH4/c1-12-24-36(18,21-5)28-33(11,27-34(14,15)19-3)29-38(23-7,30-35(16,17)20-4)31-37(22-6,25-13-2)26-32(8,9)10;2*1-2;/h14-18H,12-13H2,1-11H3;1-2H3;2H,1H3;1H4. The summed E-state index contributed by atoms with van der Waals surface area (Å²) in [5, 5.41) is 7.00. The van der Waals surface area contributed by atoms with Gasteiger partial charge in [-0.2, -0.15) is 0 Å². The van der Waals surface area contributed by atoms with Gasteiger partial charge >= 0.3 is 54.0 Å². The first kappa shape index (κ1) is 50.6. The third-order valence-corrected chi connectivity index (χ3v) is 22.8. The Morgan fingerprint density at radius 2 is 0.907 bits per heavy atom. The second-order valence-electron chi connectivity index (χ2n) is 8.09. The van der Waals surface area contributed by atoms with E-state index in [9.17, 15) is 24.0 Å². The molecule has 4 unspecified atom stereocenters. The summed E-state index contributed by atoms with van der Waals surface area (Å²) in [6.45, 7) is 13.5. The Labute approximate surface area is 263 Å². The molecule has 0 aromatic rings. The minimum atomic E-state index is -5.10. The van der Waals surface area contributed by atoms with Crippen LogP contribution in [-0.4, -0.2) is 147 Å². The van der Waals surface area contributed by atoms with Crippen LogP contribution in [0.1, 0.15) is 35.1 Å². The summed E-state index contributed by atoms with van der Waals surface area (Å²) in [7, 11) is -25.1. The van der Waals surface area contributed by atoms with Crippen molar-refractivity contribution >= 4 is 62.4 Å². The fraction of sp³-hybridized carbons (Fsp3) is 1.00. The molecule has 0 aliphatic carbocycles. The highest BCUT2D eigenvalue weighted by Crippen LogP contribution is 2.31. The molecule has 0 aromatic heterocycles. The predicted octanol–water partition coefficient (Wildman–Crippen LogP) is -0.795. The van der Waals surface area contributed by atoms with E-state index in [1.54, 1.807) is 26.6 Å². The largest absolute Gasteiger partial charge is 0.669 e. The molecule has 266 valence electrons. The number of rotatable bonds is 21. The minimum Gasteiger partial charge on any atom is -0.400 e. The summed E-state index contributed by atoms with van der Waals surface area (Å²) in [4.78, 5) is 51.9. The van der Waals surface area contributed by atoms with Crippen LogP contribution in [-0.2, 0) is 55.7 Å². The summed E-state index contributed by atoms with van der Waals surface area (Å²) in [6, 6.07) is 0. The van der Waals surface area contributed by atoms with Gasteiger partial charge in [-0.1, -0.05) is 21.3 Å². The lowest BCUT2D eigenvalue weighted by Gasteiger charge is -2.42. The Kier molecular flexibility index (Phi) is 26.3. The second kappa shape index (κ2) is 22.3. The maximum atomic E-state index is 10.8. The van der Waals surface area contributed by atoms with Crippen LogP contribution in [0, 0.1) is 0 Å². The third kappa shape index (κ3) is 19.9. The van der Waals surface area contributed by atoms with E-state index in [0.717, 1.165) is 42.1 Å². The molecule has 0 spiro atoms. The van der Waals surface area contributed by atoms with Gasteiger partial charge in [-0.25, -0.2) is 0 Å². The van der Waals surface area contributed by atoms with Crippen LogP contribution >= 0.6 is 0 Å². The molecule has 0 bridgehead atoms. The van der Waals surface area contributed by atoms with Crippen molar-refractivity contribution in [1.82, 2.24) is 0 Å². The van der Waals surface area contributed by atoms with Crippen LogP contribution < -0.4 is 0 Å². The SMILES string of the molecule is C.CC.CCO[Si](O)(OC)O[Si](C)(O[Si](O)(O)OC)O[Si](OC)(O[Si](O)(O)OC)O[Si](OC)(OCC)O[Si](C)(C)C.CO. The summed E-state index contributed by atoms with van der Waals surface area (Å²) < 4.78 is 70.1. The van der Waals surface area contributed by atoms with Crippen LogP contribution in [0.4, 0.5) is 0 Å². The van der Waals surface area contributed by atoms with Gasteiger partial charge in [0.15, 0.2) is 8.32 Å². The van der Waals surface area contributed by atoms with Crippen molar-refractivity contribution in [1.29, 1.82) is 0 Å². The van der Waals surface area contributed by atoms with Crippen LogP contribution in [0.3, 0.4) is 0 Å². The van der Waals surface area contributed by atoms with Crippen molar-refractivity contribution in [3.8, 4) is 0 Å². The molecule has 0 saturated heterocycles. The summed E-state index contributed by atoms with van der Waals surface area (Å²) in [5.41, 5.74) is 0. The Morgan fingerprint density at radius 3 is 1.23 bits per heavy atom. The van der Waals surface area contributed by atoms with Crippen LogP contribution in [0.2, 0.25) is 26.2 Å². The van der Waals surface area contributed by atoms with Crippen molar-refractivity contribution in [3.63, 3.8) is 0 Å². The zero-order valence-electron chi connectivity index (χ0n) is 26.9. The Balaban J connectivity index is -0.00000145. The Hall–Kier alpha value is 0.758. The molecule has 4 atom stereocenters. The van der Waals surface area contributed by atoms with Crippen molar-refractivity contribution < 1.29 is 84.8 Å². The van der Waals surface area contributed by atoms with Crippen LogP contribution in [0.5, 0.6) is 0 Å². The molecule has 0 heterocycles. The van der Waals surface area contributed by atoms with E-state index in [2.05, 4.69) is 8.85 Å². The summed E-state index contributed by atoms with van der Waals surface area (Å²) >= 11 is 0. The topological polar surface area (TPSA) is 241 Å². The van der Waals surface area contributed by atoms with Gasteiger partial charge in [0.1, 0.15) is 0 Å². The molecule has 0 aliphatic heterocycles. The zero-order chi connectivity index (χ0) is 34.1. The highest BCUT2D eigenvalue weighted by Gasteiger charge is 2.69. The number of aliphatic hydroxyl groups is 1. The van der Waals surface area contributed by atoms with E-state index in [1.165, 1.54) is 14.0 Å². The molecule has 0 fully saturated rings. The molecule has 19 nitrogen and oxygen atoms in total. The molecule has 26 heteroatoms. The molecule has 0 amide bonds. The highest BCUT2D eigenvalue weighted by molar-refractivity contribution is 6.86. The normalized spacial score (nSPS) is 17.9. The molecule has 43 heavy (non-hydrogen) atoms. The van der Waals surface area contributed by atoms with E-state index < -0.39 is 62.4 Å². The predicted molar refractivity (Wildman–Crippen MR) is 166 cm³/mol. The first-order valence-electron chi connectivity index (χ1n) is 12.5. The molecule has 6 N–H and O–H groups in total. The minimum absolute atomic E-state index is 0. The maximum Gasteiger partial charge on any atom is 0.669 e. The van der Waals surface area contributed by atoms with Crippen LogP contribution in [0.15, 0.2) is 0 Å². The molecule has 0 saturated carbocycles. The van der Waals surface area contributed by atoms with Gasteiger partial charge in [-0.3, -0.25) is 0 Å². The third-order valence-electron chi connectivity index (χ3n) is 3.82. The summed E-state index contributed by atoms with van der Waals surface area (Å²) in [5.74, 6) is 0. The number of hydrogen-bond acceptors (Lipinski definition) is 19. The lowest BCUT2D eigenvalue weighted by atomic mass is 10.9. The van der Waals surface area contributed by atoms with Crippen molar-refractivity contribution in [2.45, 2.75) is 61.3 Å². The van der Waals surface area contributed by atoms with E-state index in [4.69, 9.17) is 51.9 Å². The molecule has 0 aromatic carbocycles. The average Bonchev–Trinajstić information content (AvgIpc) is 2.89. The lowest BCUT2D eigenvalue weighted by Crippen LogP contribution is -2.72. The molecule has 0 rings (SSSR count). The zero-order valence-corrected chi connectivity index (χ0v) is 33.9.